The van der Waals surface area contributed by atoms with Crippen LogP contribution in [0.15, 0.2) is 41.6 Å². The number of anilines is 6. The van der Waals surface area contributed by atoms with Gasteiger partial charge in [-0.05, 0) is 76.9 Å². The molecule has 0 radical (unpaired) electrons. The van der Waals surface area contributed by atoms with Crippen molar-refractivity contribution in [2.45, 2.75) is 46.7 Å². The highest BCUT2D eigenvalue weighted by molar-refractivity contribution is 8.00. The molecule has 39 heavy (non-hydrogen) atoms. The Kier molecular flexibility index (Phi) is 10.8. The first kappa shape index (κ1) is 30.5. The maximum absolute atomic E-state index is 11.2. The maximum atomic E-state index is 11.2. The number of hydrogen-bond acceptors (Lipinski definition) is 10. The van der Waals surface area contributed by atoms with Gasteiger partial charge < -0.3 is 20.4 Å². The molecular weight excluding hydrogens is 534 g/mol. The van der Waals surface area contributed by atoms with Crippen molar-refractivity contribution in [3.8, 4) is 0 Å². The molecule has 3 aromatic rings. The lowest BCUT2D eigenvalue weighted by Gasteiger charge is -2.23. The molecule has 0 fully saturated rings. The topological polar surface area (TPSA) is 124 Å². The SMILES string of the molecule is CCN(CC)c1ccc(C)c(Nc2nc(Nc3cc(N(CC)CC)ccc3C)nc(SCCS(=O)(=O)O)n2)c1. The number of benzene rings is 2. The zero-order chi connectivity index (χ0) is 28.6. The van der Waals surface area contributed by atoms with E-state index in [1.54, 1.807) is 0 Å². The summed E-state index contributed by atoms with van der Waals surface area (Å²) in [6.45, 7) is 16.1. The summed E-state index contributed by atoms with van der Waals surface area (Å²) >= 11 is 1.14. The van der Waals surface area contributed by atoms with Gasteiger partial charge in [-0.3, -0.25) is 4.55 Å². The average molecular weight is 574 g/mol. The van der Waals surface area contributed by atoms with Crippen LogP contribution in [0.5, 0.6) is 0 Å². The third kappa shape index (κ3) is 8.70. The van der Waals surface area contributed by atoms with Gasteiger partial charge in [0.05, 0.1) is 5.75 Å². The molecule has 3 N–H and O–H groups in total. The van der Waals surface area contributed by atoms with E-state index in [4.69, 9.17) is 4.55 Å². The molecule has 0 aliphatic rings. The molecular formula is C27H39N7O3S2. The van der Waals surface area contributed by atoms with Gasteiger partial charge >= 0.3 is 0 Å². The second kappa shape index (κ2) is 13.8. The largest absolute Gasteiger partial charge is 0.372 e. The van der Waals surface area contributed by atoms with Crippen molar-refractivity contribution in [1.29, 1.82) is 0 Å². The van der Waals surface area contributed by atoms with Gasteiger partial charge in [-0.1, -0.05) is 23.9 Å². The highest BCUT2D eigenvalue weighted by Gasteiger charge is 2.14. The smallest absolute Gasteiger partial charge is 0.265 e. The number of aryl methyl sites for hydroxylation is 2. The summed E-state index contributed by atoms with van der Waals surface area (Å²) in [6, 6.07) is 12.4. The van der Waals surface area contributed by atoms with Gasteiger partial charge in [0.2, 0.25) is 11.9 Å². The second-order valence-corrected chi connectivity index (χ2v) is 11.6. The van der Waals surface area contributed by atoms with Crippen LogP contribution in [0.1, 0.15) is 38.8 Å². The first-order chi connectivity index (χ1) is 18.6. The maximum Gasteiger partial charge on any atom is 0.265 e. The Morgan fingerprint density at radius 2 is 1.21 bits per heavy atom. The molecule has 0 atom stereocenters. The lowest BCUT2D eigenvalue weighted by atomic mass is 10.1. The summed E-state index contributed by atoms with van der Waals surface area (Å²) < 4.78 is 31.6. The first-order valence-electron chi connectivity index (χ1n) is 13.2. The molecule has 12 heteroatoms. The number of nitrogens with one attached hydrogen (secondary N) is 2. The van der Waals surface area contributed by atoms with Crippen molar-refractivity contribution in [3.05, 3.63) is 47.5 Å². The molecule has 0 aliphatic carbocycles. The minimum absolute atomic E-state index is 0.106. The van der Waals surface area contributed by atoms with Crippen molar-refractivity contribution in [3.63, 3.8) is 0 Å². The number of aromatic nitrogens is 3. The zero-order valence-electron chi connectivity index (χ0n) is 23.5. The molecule has 0 amide bonds. The van der Waals surface area contributed by atoms with Crippen LogP contribution >= 0.6 is 11.8 Å². The van der Waals surface area contributed by atoms with Crippen LogP contribution in [0.3, 0.4) is 0 Å². The second-order valence-electron chi connectivity index (χ2n) is 8.99. The van der Waals surface area contributed by atoms with Gasteiger partial charge in [0.25, 0.3) is 10.1 Å². The highest BCUT2D eigenvalue weighted by Crippen LogP contribution is 2.29. The minimum atomic E-state index is -4.09. The summed E-state index contributed by atoms with van der Waals surface area (Å²) in [7, 11) is -4.09. The Bertz CT molecular complexity index is 1280. The number of rotatable bonds is 14. The molecule has 2 aromatic carbocycles. The predicted octanol–water partition coefficient (Wildman–Crippen LogP) is 5.65. The third-order valence-electron chi connectivity index (χ3n) is 6.38. The Labute approximate surface area is 236 Å². The molecule has 0 saturated heterocycles. The monoisotopic (exact) mass is 573 g/mol. The van der Waals surface area contributed by atoms with Crippen LogP contribution < -0.4 is 20.4 Å². The summed E-state index contributed by atoms with van der Waals surface area (Å²) in [5.74, 6) is 0.373. The van der Waals surface area contributed by atoms with Gasteiger partial charge in [-0.25, -0.2) is 0 Å². The van der Waals surface area contributed by atoms with Crippen molar-refractivity contribution in [2.24, 2.45) is 0 Å². The van der Waals surface area contributed by atoms with Crippen molar-refractivity contribution >= 4 is 56.5 Å². The van der Waals surface area contributed by atoms with E-state index in [-0.39, 0.29) is 5.75 Å². The summed E-state index contributed by atoms with van der Waals surface area (Å²) in [6.07, 6.45) is 0. The quantitative estimate of drug-likeness (QED) is 0.164. The molecule has 212 valence electrons. The first-order valence-corrected chi connectivity index (χ1v) is 15.8. The third-order valence-corrected chi connectivity index (χ3v) is 8.21. The fourth-order valence-corrected chi connectivity index (χ4v) is 5.73. The van der Waals surface area contributed by atoms with Crippen molar-refractivity contribution < 1.29 is 13.0 Å². The molecule has 1 heterocycles. The minimum Gasteiger partial charge on any atom is -0.372 e. The van der Waals surface area contributed by atoms with Gasteiger partial charge in [0.1, 0.15) is 0 Å². The summed E-state index contributed by atoms with van der Waals surface area (Å²) in [5, 5.41) is 7.01. The Balaban J connectivity index is 1.98. The molecule has 0 saturated carbocycles. The van der Waals surface area contributed by atoms with E-state index < -0.39 is 15.9 Å². The molecule has 0 unspecified atom stereocenters. The van der Waals surface area contributed by atoms with E-state index in [9.17, 15) is 8.42 Å². The molecule has 10 nitrogen and oxygen atoms in total. The van der Waals surface area contributed by atoms with Gasteiger partial charge in [0, 0.05) is 54.7 Å². The van der Waals surface area contributed by atoms with Crippen molar-refractivity contribution in [2.75, 3.05) is 58.1 Å². The van der Waals surface area contributed by atoms with Gasteiger partial charge in [-0.2, -0.15) is 23.4 Å². The fourth-order valence-electron chi connectivity index (χ4n) is 4.07. The fraction of sp³-hybridized carbons (Fsp3) is 0.444. The summed E-state index contributed by atoms with van der Waals surface area (Å²) in [4.78, 5) is 18.2. The lowest BCUT2D eigenvalue weighted by molar-refractivity contribution is 0.485. The zero-order valence-corrected chi connectivity index (χ0v) is 25.2. The number of thioether (sulfide) groups is 1. The van der Waals surface area contributed by atoms with Gasteiger partial charge in [-0.15, -0.1) is 0 Å². The molecule has 3 rings (SSSR count). The lowest BCUT2D eigenvalue weighted by Crippen LogP contribution is -2.22. The molecule has 0 aliphatic heterocycles. The van der Waals surface area contributed by atoms with E-state index in [0.717, 1.165) is 71.8 Å². The molecule has 1 aromatic heterocycles. The normalized spacial score (nSPS) is 11.4. The summed E-state index contributed by atoms with van der Waals surface area (Å²) in [5.41, 5.74) is 5.97. The van der Waals surface area contributed by atoms with Crippen LogP contribution in [0.2, 0.25) is 0 Å². The van der Waals surface area contributed by atoms with Crippen LogP contribution in [0.25, 0.3) is 0 Å². The van der Waals surface area contributed by atoms with Crippen LogP contribution in [0, 0.1) is 13.8 Å². The van der Waals surface area contributed by atoms with E-state index in [1.807, 2.05) is 13.8 Å². The molecule has 0 bridgehead atoms. The Morgan fingerprint density at radius 1 is 0.769 bits per heavy atom. The average Bonchev–Trinajstić information content (AvgIpc) is 2.88. The van der Waals surface area contributed by atoms with Crippen LogP contribution in [0.4, 0.5) is 34.6 Å². The Morgan fingerprint density at radius 3 is 1.59 bits per heavy atom. The van der Waals surface area contributed by atoms with Crippen LogP contribution in [-0.2, 0) is 10.1 Å². The van der Waals surface area contributed by atoms with E-state index in [1.165, 1.54) is 0 Å². The molecule has 0 spiro atoms. The van der Waals surface area contributed by atoms with E-state index in [2.05, 4.69) is 99.5 Å². The number of nitrogens with zero attached hydrogens (tertiary/aromatic N) is 5. The van der Waals surface area contributed by atoms with Gasteiger partial charge in [0.15, 0.2) is 5.16 Å². The standard InChI is InChI=1S/C27H39N7O3S2/c1-7-33(8-2)21-13-11-19(5)23(17-21)28-25-30-26(32-27(31-25)38-15-16-39(35,36)37)29-24-18-22(14-12-20(24)6)34(9-3)10-4/h11-14,17-18H,7-10,15-16H2,1-6H3,(H,35,36,37)(H2,28,29,30,31,32). The van der Waals surface area contributed by atoms with Crippen LogP contribution in [-0.4, -0.2) is 65.6 Å². The van der Waals surface area contributed by atoms with E-state index >= 15 is 0 Å². The number of hydrogen-bond donors (Lipinski definition) is 3. The van der Waals surface area contributed by atoms with E-state index in [0.29, 0.717) is 17.1 Å². The predicted molar refractivity (Wildman–Crippen MR) is 163 cm³/mol. The Hall–Kier alpha value is -3.09. The van der Waals surface area contributed by atoms with Crippen molar-refractivity contribution in [1.82, 2.24) is 15.0 Å². The highest BCUT2D eigenvalue weighted by atomic mass is 32.2.